The third kappa shape index (κ3) is 3.21. The van der Waals surface area contributed by atoms with Crippen LogP contribution in [-0.4, -0.2) is 25.2 Å². The average Bonchev–Trinajstić information content (AvgIpc) is 2.98. The molecule has 0 bridgehead atoms. The Kier molecular flexibility index (Phi) is 4.35. The molecule has 0 aromatic carbocycles. The van der Waals surface area contributed by atoms with E-state index < -0.39 is 10.0 Å². The molecule has 19 heavy (non-hydrogen) atoms. The molecule has 104 valence electrons. The molecule has 0 aliphatic carbocycles. The van der Waals surface area contributed by atoms with E-state index >= 15 is 0 Å². The molecule has 0 saturated carbocycles. The number of aromatic amines is 1. The Hall–Kier alpha value is -1.22. The van der Waals surface area contributed by atoms with Crippen molar-refractivity contribution in [1.82, 2.24) is 14.9 Å². The summed E-state index contributed by atoms with van der Waals surface area (Å²) in [4.78, 5) is 0. The van der Waals surface area contributed by atoms with Gasteiger partial charge in [0.25, 0.3) is 10.0 Å². The maximum absolute atomic E-state index is 12.1. The lowest BCUT2D eigenvalue weighted by atomic mass is 10.2. The fourth-order valence-electron chi connectivity index (χ4n) is 1.73. The number of H-pyrrole nitrogens is 1. The predicted molar refractivity (Wildman–Crippen MR) is 74.4 cm³/mol. The molecule has 0 spiro atoms. The summed E-state index contributed by atoms with van der Waals surface area (Å²) in [5.74, 6) is 0. The van der Waals surface area contributed by atoms with Crippen LogP contribution < -0.4 is 10.5 Å². The topological polar surface area (TPSA) is 101 Å². The van der Waals surface area contributed by atoms with Crippen LogP contribution in [-0.2, 0) is 23.0 Å². The minimum atomic E-state index is -3.60. The van der Waals surface area contributed by atoms with Crippen molar-refractivity contribution in [1.29, 1.82) is 0 Å². The Morgan fingerprint density at radius 3 is 2.95 bits per heavy atom. The molecule has 2 aromatic heterocycles. The summed E-state index contributed by atoms with van der Waals surface area (Å²) in [7, 11) is -3.60. The lowest BCUT2D eigenvalue weighted by Crippen LogP contribution is -2.27. The Balaban J connectivity index is 2.05. The fraction of sp³-hybridized carbons (Fsp3) is 0.364. The Morgan fingerprint density at radius 2 is 2.32 bits per heavy atom. The second-order valence-corrected chi connectivity index (χ2v) is 6.58. The van der Waals surface area contributed by atoms with Gasteiger partial charge in [-0.2, -0.15) is 16.4 Å². The molecular weight excluding hydrogens is 284 g/mol. The van der Waals surface area contributed by atoms with Gasteiger partial charge in [-0.1, -0.05) is 0 Å². The quantitative estimate of drug-likeness (QED) is 0.733. The molecule has 0 aliphatic heterocycles. The van der Waals surface area contributed by atoms with Gasteiger partial charge in [0.2, 0.25) is 0 Å². The Bertz CT molecular complexity index is 632. The molecule has 0 atom stereocenters. The summed E-state index contributed by atoms with van der Waals surface area (Å²) in [6.45, 7) is 2.23. The van der Waals surface area contributed by atoms with Crippen LogP contribution in [0, 0.1) is 6.92 Å². The Morgan fingerprint density at radius 1 is 1.53 bits per heavy atom. The minimum Gasteiger partial charge on any atom is -0.326 e. The third-order valence-corrected chi connectivity index (χ3v) is 4.94. The van der Waals surface area contributed by atoms with E-state index in [9.17, 15) is 8.42 Å². The van der Waals surface area contributed by atoms with E-state index in [1.165, 1.54) is 0 Å². The van der Waals surface area contributed by atoms with E-state index in [0.29, 0.717) is 24.2 Å². The van der Waals surface area contributed by atoms with E-state index in [-0.39, 0.29) is 11.6 Å². The Labute approximate surface area is 116 Å². The first-order valence-electron chi connectivity index (χ1n) is 5.79. The number of hydrogen-bond donors (Lipinski definition) is 3. The van der Waals surface area contributed by atoms with Crippen LogP contribution >= 0.6 is 11.3 Å². The molecule has 0 saturated heterocycles. The molecular formula is C11H16N4O2S2. The normalized spacial score (nSPS) is 11.9. The van der Waals surface area contributed by atoms with E-state index in [0.717, 1.165) is 5.56 Å². The van der Waals surface area contributed by atoms with Gasteiger partial charge in [-0.05, 0) is 35.7 Å². The van der Waals surface area contributed by atoms with Crippen LogP contribution in [0.3, 0.4) is 0 Å². The summed E-state index contributed by atoms with van der Waals surface area (Å²) in [5, 5.41) is 10.4. The highest BCUT2D eigenvalue weighted by Gasteiger charge is 2.22. The van der Waals surface area contributed by atoms with Crippen molar-refractivity contribution < 1.29 is 8.42 Å². The maximum Gasteiger partial charge on any atom is 0.260 e. The van der Waals surface area contributed by atoms with Gasteiger partial charge in [0, 0.05) is 24.3 Å². The van der Waals surface area contributed by atoms with Crippen LogP contribution in [0.2, 0.25) is 0 Å². The molecule has 0 unspecified atom stereocenters. The number of hydrogen-bond acceptors (Lipinski definition) is 5. The SMILES string of the molecule is Cc1[nH]nc(S(=O)(=O)NCCc2ccsc2)c1CN. The second kappa shape index (κ2) is 5.83. The van der Waals surface area contributed by atoms with Crippen LogP contribution in [0.4, 0.5) is 0 Å². The molecule has 2 heterocycles. The molecule has 0 radical (unpaired) electrons. The zero-order chi connectivity index (χ0) is 13.9. The molecule has 4 N–H and O–H groups in total. The summed E-state index contributed by atoms with van der Waals surface area (Å²) < 4.78 is 26.8. The van der Waals surface area contributed by atoms with Crippen molar-refractivity contribution >= 4 is 21.4 Å². The van der Waals surface area contributed by atoms with Gasteiger partial charge in [0.15, 0.2) is 5.03 Å². The summed E-state index contributed by atoms with van der Waals surface area (Å²) in [6.07, 6.45) is 0.657. The van der Waals surface area contributed by atoms with Crippen LogP contribution in [0.25, 0.3) is 0 Å². The molecule has 6 nitrogen and oxygen atoms in total. The number of nitrogens with two attached hydrogens (primary N) is 1. The van der Waals surface area contributed by atoms with Crippen molar-refractivity contribution in [2.24, 2.45) is 5.73 Å². The average molecular weight is 300 g/mol. The van der Waals surface area contributed by atoms with Crippen LogP contribution in [0.15, 0.2) is 21.9 Å². The standard InChI is InChI=1S/C11H16N4O2S2/c1-8-10(6-12)11(15-14-8)19(16,17)13-4-2-9-3-5-18-7-9/h3,5,7,13H,2,4,6,12H2,1H3,(H,14,15). The molecule has 2 rings (SSSR count). The van der Waals surface area contributed by atoms with Crippen molar-refractivity contribution in [2.45, 2.75) is 24.9 Å². The first kappa shape index (κ1) is 14.2. The molecule has 0 aliphatic rings. The first-order valence-corrected chi connectivity index (χ1v) is 8.22. The van der Waals surface area contributed by atoms with Gasteiger partial charge in [0.1, 0.15) is 0 Å². The lowest BCUT2D eigenvalue weighted by molar-refractivity contribution is 0.576. The first-order chi connectivity index (χ1) is 9.04. The van der Waals surface area contributed by atoms with Crippen molar-refractivity contribution in [3.05, 3.63) is 33.6 Å². The summed E-state index contributed by atoms with van der Waals surface area (Å²) >= 11 is 1.59. The lowest BCUT2D eigenvalue weighted by Gasteiger charge is -2.05. The van der Waals surface area contributed by atoms with Gasteiger partial charge in [0.05, 0.1) is 0 Å². The van der Waals surface area contributed by atoms with E-state index in [1.54, 1.807) is 18.3 Å². The highest BCUT2D eigenvalue weighted by Crippen LogP contribution is 2.15. The molecule has 0 fully saturated rings. The van der Waals surface area contributed by atoms with E-state index in [2.05, 4.69) is 14.9 Å². The zero-order valence-electron chi connectivity index (χ0n) is 10.5. The number of aromatic nitrogens is 2. The smallest absolute Gasteiger partial charge is 0.260 e. The third-order valence-electron chi connectivity index (χ3n) is 2.78. The van der Waals surface area contributed by atoms with Gasteiger partial charge < -0.3 is 5.73 Å². The van der Waals surface area contributed by atoms with Crippen molar-refractivity contribution in [3.63, 3.8) is 0 Å². The molecule has 2 aromatic rings. The largest absolute Gasteiger partial charge is 0.326 e. The van der Waals surface area contributed by atoms with Gasteiger partial charge in [-0.15, -0.1) is 0 Å². The second-order valence-electron chi connectivity index (χ2n) is 4.12. The predicted octanol–water partition coefficient (Wildman–Crippen LogP) is 0.759. The van der Waals surface area contributed by atoms with Gasteiger partial charge >= 0.3 is 0 Å². The number of aryl methyl sites for hydroxylation is 1. The molecule has 0 amide bonds. The van der Waals surface area contributed by atoms with E-state index in [4.69, 9.17) is 5.73 Å². The monoisotopic (exact) mass is 300 g/mol. The number of nitrogens with zero attached hydrogens (tertiary/aromatic N) is 1. The van der Waals surface area contributed by atoms with Gasteiger partial charge in [-0.3, -0.25) is 5.10 Å². The zero-order valence-corrected chi connectivity index (χ0v) is 12.1. The minimum absolute atomic E-state index is 0.00202. The van der Waals surface area contributed by atoms with Crippen molar-refractivity contribution in [3.8, 4) is 0 Å². The molecule has 8 heteroatoms. The maximum atomic E-state index is 12.1. The summed E-state index contributed by atoms with van der Waals surface area (Å²) in [5.41, 5.74) is 7.88. The number of sulfonamides is 1. The summed E-state index contributed by atoms with van der Waals surface area (Å²) in [6, 6.07) is 1.98. The fourth-order valence-corrected chi connectivity index (χ4v) is 3.66. The van der Waals surface area contributed by atoms with E-state index in [1.807, 2.05) is 16.8 Å². The number of rotatable bonds is 6. The van der Waals surface area contributed by atoms with Crippen molar-refractivity contribution in [2.75, 3.05) is 6.54 Å². The van der Waals surface area contributed by atoms with Crippen LogP contribution in [0.5, 0.6) is 0 Å². The van der Waals surface area contributed by atoms with Crippen LogP contribution in [0.1, 0.15) is 16.8 Å². The highest BCUT2D eigenvalue weighted by molar-refractivity contribution is 7.89. The number of nitrogens with one attached hydrogen (secondary N) is 2. The van der Waals surface area contributed by atoms with Gasteiger partial charge in [-0.25, -0.2) is 13.1 Å². The highest BCUT2D eigenvalue weighted by atomic mass is 32.2. The number of thiophene rings is 1.